The first kappa shape index (κ1) is 8.26. The van der Waals surface area contributed by atoms with Crippen molar-refractivity contribution in [1.29, 1.82) is 0 Å². The van der Waals surface area contributed by atoms with Crippen molar-refractivity contribution in [3.8, 4) is 0 Å². The second-order valence-corrected chi connectivity index (χ2v) is 3.85. The van der Waals surface area contributed by atoms with Crippen LogP contribution in [0.3, 0.4) is 0 Å². The first-order valence-electron chi connectivity index (χ1n) is 4.43. The van der Waals surface area contributed by atoms with Gasteiger partial charge in [0.2, 0.25) is 0 Å². The number of fused-ring (bicyclic) bond motifs is 2. The van der Waals surface area contributed by atoms with E-state index in [2.05, 4.69) is 10.6 Å². The zero-order chi connectivity index (χ0) is 8.55. The fourth-order valence-electron chi connectivity index (χ4n) is 2.03. The average molecular weight is 186 g/mol. The molecule has 0 aliphatic carbocycles. The van der Waals surface area contributed by atoms with Crippen LogP contribution in [-0.2, 0) is 4.74 Å². The molecule has 2 fully saturated rings. The topological polar surface area (TPSA) is 33.3 Å². The number of hydrogen-bond acceptors (Lipinski definition) is 2. The Kier molecular flexibility index (Phi) is 2.19. The molecule has 0 aromatic carbocycles. The smallest absolute Gasteiger partial charge is 0.166 e. The van der Waals surface area contributed by atoms with Crippen molar-refractivity contribution in [2.24, 2.45) is 0 Å². The Balaban J connectivity index is 1.86. The molecule has 4 heteroatoms. The van der Waals surface area contributed by atoms with Crippen LogP contribution in [-0.4, -0.2) is 30.4 Å². The van der Waals surface area contributed by atoms with E-state index in [4.69, 9.17) is 17.0 Å². The highest BCUT2D eigenvalue weighted by molar-refractivity contribution is 7.80. The Labute approximate surface area is 77.9 Å². The Hall–Kier alpha value is -0.350. The number of ether oxygens (including phenoxy) is 1. The lowest BCUT2D eigenvalue weighted by atomic mass is 9.96. The molecule has 3 atom stereocenters. The normalized spacial score (nSPS) is 38.2. The van der Waals surface area contributed by atoms with Crippen LogP contribution in [0.25, 0.3) is 0 Å². The maximum Gasteiger partial charge on any atom is 0.166 e. The van der Waals surface area contributed by atoms with Crippen LogP contribution >= 0.6 is 12.2 Å². The van der Waals surface area contributed by atoms with Crippen molar-refractivity contribution in [2.75, 3.05) is 7.05 Å². The van der Waals surface area contributed by atoms with Crippen molar-refractivity contribution in [3.63, 3.8) is 0 Å². The van der Waals surface area contributed by atoms with Crippen LogP contribution in [0.2, 0.25) is 0 Å². The van der Waals surface area contributed by atoms with Crippen LogP contribution in [0.1, 0.15) is 19.3 Å². The summed E-state index contributed by atoms with van der Waals surface area (Å²) in [5.74, 6) is 0. The lowest BCUT2D eigenvalue weighted by Gasteiger charge is -2.20. The first-order chi connectivity index (χ1) is 5.79. The van der Waals surface area contributed by atoms with Gasteiger partial charge in [-0.15, -0.1) is 0 Å². The zero-order valence-electron chi connectivity index (χ0n) is 7.17. The number of thiocarbonyl (C=S) groups is 1. The van der Waals surface area contributed by atoms with E-state index >= 15 is 0 Å². The highest BCUT2D eigenvalue weighted by Crippen LogP contribution is 2.34. The van der Waals surface area contributed by atoms with Crippen molar-refractivity contribution in [3.05, 3.63) is 0 Å². The van der Waals surface area contributed by atoms with Gasteiger partial charge in [0.25, 0.3) is 0 Å². The Morgan fingerprint density at radius 3 is 2.83 bits per heavy atom. The molecule has 2 unspecified atom stereocenters. The fraction of sp³-hybridized carbons (Fsp3) is 0.875. The monoisotopic (exact) mass is 186 g/mol. The third-order valence-corrected chi connectivity index (χ3v) is 2.97. The van der Waals surface area contributed by atoms with Gasteiger partial charge in [0.1, 0.15) is 0 Å². The second-order valence-electron chi connectivity index (χ2n) is 3.44. The second kappa shape index (κ2) is 3.18. The molecule has 0 amide bonds. The summed E-state index contributed by atoms with van der Waals surface area (Å²) in [5.41, 5.74) is 0. The van der Waals surface area contributed by atoms with Gasteiger partial charge in [-0.05, 0) is 31.5 Å². The molecule has 2 aliphatic rings. The van der Waals surface area contributed by atoms with Crippen molar-refractivity contribution in [2.45, 2.75) is 37.5 Å². The summed E-state index contributed by atoms with van der Waals surface area (Å²) >= 11 is 5.03. The van der Waals surface area contributed by atoms with Crippen LogP contribution in [0.5, 0.6) is 0 Å². The molecule has 2 heterocycles. The summed E-state index contributed by atoms with van der Waals surface area (Å²) in [4.78, 5) is 0. The van der Waals surface area contributed by atoms with Gasteiger partial charge in [0.15, 0.2) is 5.11 Å². The Morgan fingerprint density at radius 2 is 2.33 bits per heavy atom. The number of hydrogen-bond donors (Lipinski definition) is 2. The molecule has 0 spiro atoms. The zero-order valence-corrected chi connectivity index (χ0v) is 7.99. The minimum absolute atomic E-state index is 0.404. The molecule has 3 nitrogen and oxygen atoms in total. The van der Waals surface area contributed by atoms with E-state index in [1.54, 1.807) is 0 Å². The third-order valence-electron chi connectivity index (χ3n) is 2.65. The van der Waals surface area contributed by atoms with E-state index in [-0.39, 0.29) is 0 Å². The van der Waals surface area contributed by atoms with Gasteiger partial charge in [-0.25, -0.2) is 0 Å². The van der Waals surface area contributed by atoms with Gasteiger partial charge in [-0.1, -0.05) is 0 Å². The van der Waals surface area contributed by atoms with E-state index in [0.29, 0.717) is 18.2 Å². The highest BCUT2D eigenvalue weighted by Gasteiger charge is 2.40. The largest absolute Gasteiger partial charge is 0.373 e. The summed E-state index contributed by atoms with van der Waals surface area (Å²) in [6.45, 7) is 0. The molecule has 0 saturated carbocycles. The molecule has 2 aliphatic heterocycles. The molecular weight excluding hydrogens is 172 g/mol. The van der Waals surface area contributed by atoms with Crippen LogP contribution in [0.4, 0.5) is 0 Å². The molecule has 2 rings (SSSR count). The number of rotatable bonds is 1. The van der Waals surface area contributed by atoms with Crippen molar-refractivity contribution in [1.82, 2.24) is 10.6 Å². The van der Waals surface area contributed by atoms with Gasteiger partial charge in [-0.2, -0.15) is 0 Å². The molecule has 2 N–H and O–H groups in total. The van der Waals surface area contributed by atoms with Gasteiger partial charge in [0, 0.05) is 7.05 Å². The fourth-order valence-corrected chi connectivity index (χ4v) is 2.18. The van der Waals surface area contributed by atoms with Gasteiger partial charge >= 0.3 is 0 Å². The van der Waals surface area contributed by atoms with E-state index in [1.165, 1.54) is 12.8 Å². The Morgan fingerprint density at radius 1 is 1.50 bits per heavy atom. The van der Waals surface area contributed by atoms with Crippen LogP contribution in [0.15, 0.2) is 0 Å². The molecule has 0 aromatic heterocycles. The van der Waals surface area contributed by atoms with Gasteiger partial charge in [-0.3, -0.25) is 0 Å². The predicted octanol–water partition coefficient (Wildman–Crippen LogP) is 0.400. The van der Waals surface area contributed by atoms with E-state index in [1.807, 2.05) is 7.05 Å². The summed E-state index contributed by atoms with van der Waals surface area (Å²) in [5, 5.41) is 6.90. The van der Waals surface area contributed by atoms with Crippen molar-refractivity contribution < 1.29 is 4.74 Å². The van der Waals surface area contributed by atoms with Gasteiger partial charge in [0.05, 0.1) is 18.2 Å². The highest BCUT2D eigenvalue weighted by atomic mass is 32.1. The molecule has 0 aromatic rings. The quantitative estimate of drug-likeness (QED) is 0.581. The summed E-state index contributed by atoms with van der Waals surface area (Å²) in [6.07, 6.45) is 4.43. The van der Waals surface area contributed by atoms with Crippen LogP contribution in [0, 0.1) is 0 Å². The first-order valence-corrected chi connectivity index (χ1v) is 4.84. The molecule has 2 saturated heterocycles. The predicted molar refractivity (Wildman–Crippen MR) is 51.1 cm³/mol. The minimum atomic E-state index is 0.404. The number of nitrogens with one attached hydrogen (secondary N) is 2. The Bertz CT molecular complexity index is 197. The standard InChI is InChI=1S/C8H14N2OS/c1-9-8(12)10-6-4-5-2-3-7(6)11-5/h5-7H,2-4H2,1H3,(H2,9,10,12)/t5?,6-,7?/m0/s1. The van der Waals surface area contributed by atoms with Crippen molar-refractivity contribution >= 4 is 17.3 Å². The maximum absolute atomic E-state index is 5.68. The molecule has 2 bridgehead atoms. The average Bonchev–Trinajstić information content (AvgIpc) is 2.64. The summed E-state index contributed by atoms with van der Waals surface area (Å²) < 4.78 is 5.68. The van der Waals surface area contributed by atoms with Gasteiger partial charge < -0.3 is 15.4 Å². The maximum atomic E-state index is 5.68. The van der Waals surface area contributed by atoms with E-state index in [9.17, 15) is 0 Å². The molecule has 12 heavy (non-hydrogen) atoms. The summed E-state index contributed by atoms with van der Waals surface area (Å²) in [7, 11) is 1.84. The molecular formula is C8H14N2OS. The molecule has 68 valence electrons. The lowest BCUT2D eigenvalue weighted by molar-refractivity contribution is 0.0993. The van der Waals surface area contributed by atoms with E-state index < -0.39 is 0 Å². The molecule has 0 radical (unpaired) electrons. The third kappa shape index (κ3) is 1.41. The summed E-state index contributed by atoms with van der Waals surface area (Å²) in [6, 6.07) is 0.448. The SMILES string of the molecule is CNC(=S)N[C@H]1CC2CCC1O2. The lowest BCUT2D eigenvalue weighted by Crippen LogP contribution is -2.45. The van der Waals surface area contributed by atoms with Crippen LogP contribution < -0.4 is 10.6 Å². The minimum Gasteiger partial charge on any atom is -0.373 e. The van der Waals surface area contributed by atoms with E-state index in [0.717, 1.165) is 11.5 Å².